The van der Waals surface area contributed by atoms with Crippen molar-refractivity contribution in [3.05, 3.63) is 18.3 Å². The zero-order valence-electron chi connectivity index (χ0n) is 9.40. The highest BCUT2D eigenvalue weighted by molar-refractivity contribution is 5.52. The number of anilines is 1. The van der Waals surface area contributed by atoms with Crippen LogP contribution < -0.4 is 10.1 Å². The first kappa shape index (κ1) is 11.8. The van der Waals surface area contributed by atoms with Gasteiger partial charge in [0.05, 0.1) is 17.9 Å². The molecule has 1 atom stereocenters. The highest BCUT2D eigenvalue weighted by Crippen LogP contribution is 2.21. The van der Waals surface area contributed by atoms with Crippen molar-refractivity contribution in [1.82, 2.24) is 4.98 Å². The topological polar surface area (TPSA) is 54.4 Å². The second kappa shape index (κ2) is 5.56. The van der Waals surface area contributed by atoms with Crippen LogP contribution in [0.1, 0.15) is 20.8 Å². The molecule has 0 radical (unpaired) electrons. The van der Waals surface area contributed by atoms with Crippen molar-refractivity contribution in [3.8, 4) is 5.88 Å². The Labute approximate surface area is 90.3 Å². The van der Waals surface area contributed by atoms with Gasteiger partial charge in [-0.05, 0) is 32.9 Å². The molecule has 0 spiro atoms. The molecule has 84 valence electrons. The van der Waals surface area contributed by atoms with Crippen LogP contribution in [0.4, 0.5) is 5.69 Å². The van der Waals surface area contributed by atoms with E-state index in [0.29, 0.717) is 12.4 Å². The molecule has 1 rings (SSSR count). The number of nitrogens with one attached hydrogen (secondary N) is 1. The van der Waals surface area contributed by atoms with Gasteiger partial charge < -0.3 is 15.2 Å². The highest BCUT2D eigenvalue weighted by atomic mass is 16.5. The molecule has 15 heavy (non-hydrogen) atoms. The smallest absolute Gasteiger partial charge is 0.237 e. The van der Waals surface area contributed by atoms with E-state index in [-0.39, 0.29) is 6.10 Å². The molecule has 0 saturated heterocycles. The van der Waals surface area contributed by atoms with Gasteiger partial charge >= 0.3 is 0 Å². The van der Waals surface area contributed by atoms with Crippen LogP contribution in [-0.4, -0.2) is 28.8 Å². The van der Waals surface area contributed by atoms with Crippen molar-refractivity contribution in [2.45, 2.75) is 33.0 Å². The standard InChI is InChI=1S/C11H18N2O2/c1-8(2)15-11-10(5-4-6-12-11)13-7-9(3)14/h4-6,8-9,13-14H,7H2,1-3H3/t9-/m1/s1. The third-order valence-electron chi connectivity index (χ3n) is 1.71. The summed E-state index contributed by atoms with van der Waals surface area (Å²) in [5.74, 6) is 0.577. The summed E-state index contributed by atoms with van der Waals surface area (Å²) in [7, 11) is 0. The number of ether oxygens (including phenoxy) is 1. The van der Waals surface area contributed by atoms with Crippen LogP contribution >= 0.6 is 0 Å². The zero-order chi connectivity index (χ0) is 11.3. The fraction of sp³-hybridized carbons (Fsp3) is 0.545. The second-order valence-corrected chi connectivity index (χ2v) is 3.75. The van der Waals surface area contributed by atoms with Gasteiger partial charge in [0.1, 0.15) is 0 Å². The number of rotatable bonds is 5. The maximum absolute atomic E-state index is 9.16. The zero-order valence-corrected chi connectivity index (χ0v) is 9.40. The molecule has 0 saturated carbocycles. The summed E-state index contributed by atoms with van der Waals surface area (Å²) in [5, 5.41) is 12.2. The molecular weight excluding hydrogens is 192 g/mol. The lowest BCUT2D eigenvalue weighted by Gasteiger charge is -2.14. The van der Waals surface area contributed by atoms with E-state index in [1.807, 2.05) is 26.0 Å². The van der Waals surface area contributed by atoms with Gasteiger partial charge in [0.25, 0.3) is 0 Å². The van der Waals surface area contributed by atoms with E-state index in [1.165, 1.54) is 0 Å². The van der Waals surface area contributed by atoms with Crippen LogP contribution in [0.2, 0.25) is 0 Å². The number of aromatic nitrogens is 1. The molecule has 0 aliphatic rings. The van der Waals surface area contributed by atoms with Crippen LogP contribution in [0.15, 0.2) is 18.3 Å². The molecular formula is C11H18N2O2. The van der Waals surface area contributed by atoms with Crippen LogP contribution in [-0.2, 0) is 0 Å². The van der Waals surface area contributed by atoms with Gasteiger partial charge in [-0.3, -0.25) is 0 Å². The normalized spacial score (nSPS) is 12.6. The molecule has 1 heterocycles. The van der Waals surface area contributed by atoms with Gasteiger partial charge in [0.15, 0.2) is 0 Å². The molecule has 0 aromatic carbocycles. The first-order valence-corrected chi connectivity index (χ1v) is 5.13. The molecule has 4 nitrogen and oxygen atoms in total. The average molecular weight is 210 g/mol. The molecule has 0 fully saturated rings. The van der Waals surface area contributed by atoms with Gasteiger partial charge in [-0.15, -0.1) is 0 Å². The number of hydrogen-bond acceptors (Lipinski definition) is 4. The Morgan fingerprint density at radius 1 is 1.47 bits per heavy atom. The van der Waals surface area contributed by atoms with Crippen molar-refractivity contribution in [3.63, 3.8) is 0 Å². The first-order chi connectivity index (χ1) is 7.09. The summed E-state index contributed by atoms with van der Waals surface area (Å²) in [5.41, 5.74) is 0.812. The Bertz CT molecular complexity index is 300. The molecule has 1 aromatic rings. The molecule has 0 bridgehead atoms. The quantitative estimate of drug-likeness (QED) is 0.776. The van der Waals surface area contributed by atoms with Gasteiger partial charge in [0.2, 0.25) is 5.88 Å². The van der Waals surface area contributed by atoms with E-state index in [1.54, 1.807) is 13.1 Å². The highest BCUT2D eigenvalue weighted by Gasteiger charge is 2.06. The minimum Gasteiger partial charge on any atom is -0.473 e. The van der Waals surface area contributed by atoms with Crippen LogP contribution in [0, 0.1) is 0 Å². The summed E-state index contributed by atoms with van der Waals surface area (Å²) < 4.78 is 5.52. The van der Waals surface area contributed by atoms with Gasteiger partial charge in [-0.1, -0.05) is 0 Å². The van der Waals surface area contributed by atoms with Gasteiger partial charge in [-0.25, -0.2) is 4.98 Å². The average Bonchev–Trinajstić information content (AvgIpc) is 2.15. The predicted molar refractivity (Wildman–Crippen MR) is 60.2 cm³/mol. The minimum atomic E-state index is -0.392. The molecule has 0 aliphatic heterocycles. The van der Waals surface area contributed by atoms with E-state index in [9.17, 15) is 0 Å². The largest absolute Gasteiger partial charge is 0.473 e. The van der Waals surface area contributed by atoms with E-state index >= 15 is 0 Å². The number of pyridine rings is 1. The Kier molecular flexibility index (Phi) is 4.37. The van der Waals surface area contributed by atoms with Gasteiger partial charge in [0, 0.05) is 12.7 Å². The van der Waals surface area contributed by atoms with Crippen LogP contribution in [0.3, 0.4) is 0 Å². The van der Waals surface area contributed by atoms with E-state index < -0.39 is 6.10 Å². The Morgan fingerprint density at radius 2 is 2.20 bits per heavy atom. The molecule has 4 heteroatoms. The number of nitrogens with zero attached hydrogens (tertiary/aromatic N) is 1. The minimum absolute atomic E-state index is 0.0898. The first-order valence-electron chi connectivity index (χ1n) is 5.13. The molecule has 0 aliphatic carbocycles. The van der Waals surface area contributed by atoms with Gasteiger partial charge in [-0.2, -0.15) is 0 Å². The summed E-state index contributed by atoms with van der Waals surface area (Å²) in [4.78, 5) is 4.13. The molecule has 1 aromatic heterocycles. The second-order valence-electron chi connectivity index (χ2n) is 3.75. The van der Waals surface area contributed by atoms with Crippen LogP contribution in [0.25, 0.3) is 0 Å². The van der Waals surface area contributed by atoms with E-state index in [2.05, 4.69) is 10.3 Å². The van der Waals surface area contributed by atoms with Crippen molar-refractivity contribution in [2.24, 2.45) is 0 Å². The predicted octanol–water partition coefficient (Wildman–Crippen LogP) is 1.66. The summed E-state index contributed by atoms with van der Waals surface area (Å²) in [6, 6.07) is 3.71. The summed E-state index contributed by atoms with van der Waals surface area (Å²) in [6.45, 7) is 6.12. The van der Waals surface area contributed by atoms with E-state index in [0.717, 1.165) is 5.69 Å². The lowest BCUT2D eigenvalue weighted by Crippen LogP contribution is -2.17. The summed E-state index contributed by atoms with van der Waals surface area (Å²) >= 11 is 0. The monoisotopic (exact) mass is 210 g/mol. The molecule has 2 N–H and O–H groups in total. The third kappa shape index (κ3) is 4.16. The lowest BCUT2D eigenvalue weighted by molar-refractivity contribution is 0.207. The molecule has 0 amide bonds. The van der Waals surface area contributed by atoms with Crippen LogP contribution in [0.5, 0.6) is 5.88 Å². The van der Waals surface area contributed by atoms with E-state index in [4.69, 9.17) is 9.84 Å². The van der Waals surface area contributed by atoms with Crippen molar-refractivity contribution < 1.29 is 9.84 Å². The maximum Gasteiger partial charge on any atom is 0.237 e. The van der Waals surface area contributed by atoms with Crippen molar-refractivity contribution in [2.75, 3.05) is 11.9 Å². The van der Waals surface area contributed by atoms with Crippen molar-refractivity contribution in [1.29, 1.82) is 0 Å². The summed E-state index contributed by atoms with van der Waals surface area (Å²) in [6.07, 6.45) is 1.38. The number of aliphatic hydroxyl groups is 1. The Morgan fingerprint density at radius 3 is 2.80 bits per heavy atom. The fourth-order valence-corrected chi connectivity index (χ4v) is 1.10. The Hall–Kier alpha value is -1.29. The van der Waals surface area contributed by atoms with Crippen molar-refractivity contribution >= 4 is 5.69 Å². The SMILES string of the molecule is CC(C)Oc1ncccc1NC[C@@H](C)O. The fourth-order valence-electron chi connectivity index (χ4n) is 1.10. The Balaban J connectivity index is 2.68. The maximum atomic E-state index is 9.16. The number of aliphatic hydroxyl groups excluding tert-OH is 1. The molecule has 0 unspecified atom stereocenters. The lowest BCUT2D eigenvalue weighted by atomic mass is 10.3. The third-order valence-corrected chi connectivity index (χ3v) is 1.71. The number of hydrogen-bond donors (Lipinski definition) is 2.